The van der Waals surface area contributed by atoms with Gasteiger partial charge in [0.1, 0.15) is 11.5 Å². The van der Waals surface area contributed by atoms with Gasteiger partial charge in [-0.2, -0.15) is 5.10 Å². The number of carbonyl (C=O) groups is 1. The van der Waals surface area contributed by atoms with Crippen LogP contribution in [0, 0.1) is 5.82 Å². The molecule has 1 rings (SSSR count). The molecule has 1 aromatic rings. The Morgan fingerprint density at radius 2 is 2.06 bits per heavy atom. The second-order valence-corrected chi connectivity index (χ2v) is 3.29. The highest BCUT2D eigenvalue weighted by atomic mass is 19.1. The van der Waals surface area contributed by atoms with E-state index in [9.17, 15) is 9.18 Å². The second-order valence-electron chi connectivity index (χ2n) is 3.29. The molecule has 0 fully saturated rings. The summed E-state index contributed by atoms with van der Waals surface area (Å²) in [6.45, 7) is 1.92. The van der Waals surface area contributed by atoms with Crippen LogP contribution in [0.2, 0.25) is 0 Å². The maximum Gasteiger partial charge on any atom is 0.351 e. The number of halogens is 1. The lowest BCUT2D eigenvalue weighted by atomic mass is 10.1. The molecule has 0 unspecified atom stereocenters. The lowest BCUT2D eigenvalue weighted by Crippen LogP contribution is -2.17. The van der Waals surface area contributed by atoms with E-state index in [1.54, 1.807) is 12.1 Å². The maximum atomic E-state index is 12.6. The van der Waals surface area contributed by atoms with Crippen molar-refractivity contribution < 1.29 is 14.3 Å². The Morgan fingerprint density at radius 1 is 1.44 bits per heavy atom. The van der Waals surface area contributed by atoms with Gasteiger partial charge in [-0.15, -0.1) is 0 Å². The molecule has 0 aliphatic rings. The van der Waals surface area contributed by atoms with E-state index in [0.29, 0.717) is 13.0 Å². The minimum atomic E-state index is -1.05. The number of carboxylic acids is 1. The van der Waals surface area contributed by atoms with Gasteiger partial charge >= 0.3 is 5.97 Å². The summed E-state index contributed by atoms with van der Waals surface area (Å²) in [7, 11) is 0. The van der Waals surface area contributed by atoms with Gasteiger partial charge in [-0.05, 0) is 31.0 Å². The first-order chi connectivity index (χ1) is 7.59. The van der Waals surface area contributed by atoms with Gasteiger partial charge in [0.05, 0.1) is 0 Å². The molecule has 0 aromatic heterocycles. The van der Waals surface area contributed by atoms with Gasteiger partial charge in [-0.1, -0.05) is 12.1 Å². The lowest BCUT2D eigenvalue weighted by Gasteiger charge is -2.01. The number of nitrogens with one attached hydrogen (secondary N) is 1. The summed E-state index contributed by atoms with van der Waals surface area (Å²) in [6, 6.07) is 6.15. The molecular formula is C11H13FN2O2. The van der Waals surface area contributed by atoms with E-state index in [1.807, 2.05) is 0 Å². The largest absolute Gasteiger partial charge is 0.477 e. The van der Waals surface area contributed by atoms with Gasteiger partial charge in [0.25, 0.3) is 0 Å². The Bertz CT molecular complexity index is 387. The zero-order valence-corrected chi connectivity index (χ0v) is 8.90. The van der Waals surface area contributed by atoms with Gasteiger partial charge in [0, 0.05) is 6.54 Å². The molecular weight excluding hydrogens is 211 g/mol. The normalized spacial score (nSPS) is 11.2. The number of hydrazone groups is 1. The summed E-state index contributed by atoms with van der Waals surface area (Å²) in [6.07, 6.45) is 0.663. The molecule has 86 valence electrons. The molecule has 0 aliphatic carbocycles. The zero-order valence-electron chi connectivity index (χ0n) is 8.90. The monoisotopic (exact) mass is 224 g/mol. The van der Waals surface area contributed by atoms with Gasteiger partial charge in [-0.25, -0.2) is 9.18 Å². The van der Waals surface area contributed by atoms with E-state index in [2.05, 4.69) is 10.5 Å². The molecule has 0 heterocycles. The van der Waals surface area contributed by atoms with E-state index in [4.69, 9.17) is 5.11 Å². The van der Waals surface area contributed by atoms with E-state index in [0.717, 1.165) is 5.56 Å². The van der Waals surface area contributed by atoms with Crippen molar-refractivity contribution in [3.8, 4) is 0 Å². The van der Waals surface area contributed by atoms with Crippen molar-refractivity contribution in [1.82, 2.24) is 5.43 Å². The van der Waals surface area contributed by atoms with Crippen molar-refractivity contribution in [1.29, 1.82) is 0 Å². The van der Waals surface area contributed by atoms with Crippen LogP contribution in [0.15, 0.2) is 29.4 Å². The average molecular weight is 224 g/mol. The fourth-order valence-electron chi connectivity index (χ4n) is 1.07. The van der Waals surface area contributed by atoms with Gasteiger partial charge in [-0.3, -0.25) is 0 Å². The first-order valence-electron chi connectivity index (χ1n) is 4.84. The Hall–Kier alpha value is -1.91. The molecule has 4 nitrogen and oxygen atoms in total. The molecule has 0 saturated carbocycles. The predicted octanol–water partition coefficient (Wildman–Crippen LogP) is 1.42. The van der Waals surface area contributed by atoms with Crippen molar-refractivity contribution in [3.63, 3.8) is 0 Å². The second kappa shape index (κ2) is 5.85. The molecule has 0 amide bonds. The summed E-state index contributed by atoms with van der Waals surface area (Å²) in [5, 5.41) is 12.2. The number of hydrogen-bond donors (Lipinski definition) is 2. The molecule has 0 spiro atoms. The molecule has 0 bridgehead atoms. The molecule has 2 N–H and O–H groups in total. The third kappa shape index (κ3) is 4.08. The van der Waals surface area contributed by atoms with Crippen LogP contribution in [-0.4, -0.2) is 23.3 Å². The SMILES string of the molecule is C/C(=N\NCCc1ccc(F)cc1)C(=O)O. The molecule has 16 heavy (non-hydrogen) atoms. The van der Waals surface area contributed by atoms with Crippen LogP contribution in [0.25, 0.3) is 0 Å². The van der Waals surface area contributed by atoms with Crippen LogP contribution in [0.5, 0.6) is 0 Å². The molecule has 0 saturated heterocycles. The number of hydrogen-bond acceptors (Lipinski definition) is 3. The molecule has 0 radical (unpaired) electrons. The minimum Gasteiger partial charge on any atom is -0.477 e. The van der Waals surface area contributed by atoms with Gasteiger partial charge < -0.3 is 10.5 Å². The minimum absolute atomic E-state index is 0.0131. The Kier molecular flexibility index (Phi) is 4.44. The third-order valence-corrected chi connectivity index (χ3v) is 2.00. The average Bonchev–Trinajstić information content (AvgIpc) is 2.26. The van der Waals surface area contributed by atoms with Crippen molar-refractivity contribution in [2.45, 2.75) is 13.3 Å². The Labute approximate surface area is 92.8 Å². The Balaban J connectivity index is 2.34. The Morgan fingerprint density at radius 3 is 2.62 bits per heavy atom. The van der Waals surface area contributed by atoms with Crippen molar-refractivity contribution in [2.24, 2.45) is 5.10 Å². The highest BCUT2D eigenvalue weighted by Gasteiger charge is 2.00. The van der Waals surface area contributed by atoms with Crippen LogP contribution in [0.3, 0.4) is 0 Å². The summed E-state index contributed by atoms with van der Waals surface area (Å²) in [5.74, 6) is -1.31. The van der Waals surface area contributed by atoms with E-state index >= 15 is 0 Å². The summed E-state index contributed by atoms with van der Waals surface area (Å²) in [4.78, 5) is 10.4. The van der Waals surface area contributed by atoms with Gasteiger partial charge in [0.2, 0.25) is 0 Å². The van der Waals surface area contributed by atoms with E-state index in [-0.39, 0.29) is 11.5 Å². The number of rotatable bonds is 5. The van der Waals surface area contributed by atoms with Crippen LogP contribution in [0.4, 0.5) is 4.39 Å². The van der Waals surface area contributed by atoms with Crippen molar-refractivity contribution >= 4 is 11.7 Å². The smallest absolute Gasteiger partial charge is 0.351 e. The number of benzene rings is 1. The molecule has 1 aromatic carbocycles. The number of carboxylic acid groups (broad SMARTS) is 1. The third-order valence-electron chi connectivity index (χ3n) is 2.00. The lowest BCUT2D eigenvalue weighted by molar-refractivity contribution is -0.129. The quantitative estimate of drug-likeness (QED) is 0.451. The molecule has 0 aliphatic heterocycles. The predicted molar refractivity (Wildman–Crippen MR) is 58.9 cm³/mol. The fourth-order valence-corrected chi connectivity index (χ4v) is 1.07. The van der Waals surface area contributed by atoms with Crippen LogP contribution in [0.1, 0.15) is 12.5 Å². The molecule has 0 atom stereocenters. The standard InChI is InChI=1S/C11H13FN2O2/c1-8(11(15)16)14-13-7-6-9-2-4-10(12)5-3-9/h2-5,13H,6-7H2,1H3,(H,15,16)/b14-8+. The summed E-state index contributed by atoms with van der Waals surface area (Å²) < 4.78 is 12.6. The van der Waals surface area contributed by atoms with E-state index < -0.39 is 5.97 Å². The summed E-state index contributed by atoms with van der Waals surface area (Å²) in [5.41, 5.74) is 3.63. The summed E-state index contributed by atoms with van der Waals surface area (Å²) >= 11 is 0. The number of nitrogens with zero attached hydrogens (tertiary/aromatic N) is 1. The number of aliphatic carboxylic acids is 1. The highest BCUT2D eigenvalue weighted by molar-refractivity contribution is 6.34. The van der Waals surface area contributed by atoms with Gasteiger partial charge in [0.15, 0.2) is 0 Å². The van der Waals surface area contributed by atoms with Crippen LogP contribution in [-0.2, 0) is 11.2 Å². The maximum absolute atomic E-state index is 12.6. The zero-order chi connectivity index (χ0) is 12.0. The van der Waals surface area contributed by atoms with Crippen molar-refractivity contribution in [3.05, 3.63) is 35.6 Å². The van der Waals surface area contributed by atoms with Crippen LogP contribution >= 0.6 is 0 Å². The fraction of sp³-hybridized carbons (Fsp3) is 0.273. The van der Waals surface area contributed by atoms with Crippen molar-refractivity contribution in [2.75, 3.05) is 6.54 Å². The first-order valence-corrected chi connectivity index (χ1v) is 4.84. The topological polar surface area (TPSA) is 61.7 Å². The first kappa shape index (κ1) is 12.2. The van der Waals surface area contributed by atoms with Crippen LogP contribution < -0.4 is 5.43 Å². The molecule has 5 heteroatoms. The van der Waals surface area contributed by atoms with E-state index in [1.165, 1.54) is 19.1 Å². The highest BCUT2D eigenvalue weighted by Crippen LogP contribution is 2.02.